The van der Waals surface area contributed by atoms with Gasteiger partial charge < -0.3 is 10.4 Å². The third kappa shape index (κ3) is 4.63. The van der Waals surface area contributed by atoms with E-state index in [9.17, 15) is 4.79 Å². The van der Waals surface area contributed by atoms with Crippen LogP contribution in [0.4, 0.5) is 0 Å². The Morgan fingerprint density at radius 3 is 2.65 bits per heavy atom. The van der Waals surface area contributed by atoms with Gasteiger partial charge in [0, 0.05) is 27.7 Å². The summed E-state index contributed by atoms with van der Waals surface area (Å²) >= 11 is 7.61. The molecular weight excluding hydrogens is 294 g/mol. The Balaban J connectivity index is 1.83. The standard InChI is InChI=1S/C15H16ClNO2S/c16-12-5-3-11(4-6-12)14-8-7-13(20-14)10-17-9-1-2-15(18)19/h3-8,17H,1-2,9-10H2,(H,18,19). The number of hydrogen-bond donors (Lipinski definition) is 2. The summed E-state index contributed by atoms with van der Waals surface area (Å²) in [5, 5.41) is 12.5. The van der Waals surface area contributed by atoms with E-state index in [1.807, 2.05) is 24.3 Å². The SMILES string of the molecule is O=C(O)CCCNCc1ccc(-c2ccc(Cl)cc2)s1. The largest absolute Gasteiger partial charge is 0.481 e. The molecule has 0 aliphatic heterocycles. The van der Waals surface area contributed by atoms with Gasteiger partial charge in [-0.1, -0.05) is 23.7 Å². The number of carbonyl (C=O) groups is 1. The fraction of sp³-hybridized carbons (Fsp3) is 0.267. The van der Waals surface area contributed by atoms with Crippen LogP contribution >= 0.6 is 22.9 Å². The van der Waals surface area contributed by atoms with Crippen molar-refractivity contribution in [2.75, 3.05) is 6.54 Å². The molecule has 0 saturated heterocycles. The fourth-order valence-corrected chi connectivity index (χ4v) is 2.93. The van der Waals surface area contributed by atoms with Gasteiger partial charge >= 0.3 is 5.97 Å². The molecule has 0 saturated carbocycles. The van der Waals surface area contributed by atoms with Crippen LogP contribution in [0.15, 0.2) is 36.4 Å². The van der Waals surface area contributed by atoms with Crippen molar-refractivity contribution in [1.82, 2.24) is 5.32 Å². The zero-order chi connectivity index (χ0) is 14.4. The van der Waals surface area contributed by atoms with Crippen LogP contribution in [0.1, 0.15) is 17.7 Å². The summed E-state index contributed by atoms with van der Waals surface area (Å²) in [5.41, 5.74) is 1.16. The molecule has 0 radical (unpaired) electrons. The Hall–Kier alpha value is -1.36. The minimum atomic E-state index is -0.743. The van der Waals surface area contributed by atoms with Gasteiger partial charge in [-0.2, -0.15) is 0 Å². The van der Waals surface area contributed by atoms with Crippen LogP contribution in [-0.2, 0) is 11.3 Å². The van der Waals surface area contributed by atoms with Crippen molar-refractivity contribution in [3.63, 3.8) is 0 Å². The molecule has 5 heteroatoms. The number of hydrogen-bond acceptors (Lipinski definition) is 3. The lowest BCUT2D eigenvalue weighted by Crippen LogP contribution is -2.14. The highest BCUT2D eigenvalue weighted by atomic mass is 35.5. The topological polar surface area (TPSA) is 49.3 Å². The van der Waals surface area contributed by atoms with E-state index in [4.69, 9.17) is 16.7 Å². The van der Waals surface area contributed by atoms with Crippen molar-refractivity contribution in [2.45, 2.75) is 19.4 Å². The van der Waals surface area contributed by atoms with Gasteiger partial charge in [0.1, 0.15) is 0 Å². The van der Waals surface area contributed by atoms with Gasteiger partial charge in [0.25, 0.3) is 0 Å². The summed E-state index contributed by atoms with van der Waals surface area (Å²) in [6.45, 7) is 1.50. The maximum Gasteiger partial charge on any atom is 0.303 e. The Morgan fingerprint density at radius 1 is 1.20 bits per heavy atom. The lowest BCUT2D eigenvalue weighted by atomic mass is 10.2. The number of thiophene rings is 1. The first-order valence-corrected chi connectivity index (χ1v) is 7.62. The van der Waals surface area contributed by atoms with Crippen LogP contribution in [0.2, 0.25) is 5.02 Å². The van der Waals surface area contributed by atoms with Crippen LogP contribution < -0.4 is 5.32 Å². The summed E-state index contributed by atoms with van der Waals surface area (Å²) < 4.78 is 0. The average molecular weight is 310 g/mol. The summed E-state index contributed by atoms with van der Waals surface area (Å²) in [5.74, 6) is -0.743. The molecule has 0 atom stereocenters. The van der Waals surface area contributed by atoms with E-state index < -0.39 is 5.97 Å². The number of aliphatic carboxylic acids is 1. The van der Waals surface area contributed by atoms with E-state index >= 15 is 0 Å². The molecule has 0 amide bonds. The minimum Gasteiger partial charge on any atom is -0.481 e. The molecule has 0 spiro atoms. The van der Waals surface area contributed by atoms with E-state index in [2.05, 4.69) is 17.4 Å². The van der Waals surface area contributed by atoms with Crippen LogP contribution in [0, 0.1) is 0 Å². The molecule has 0 bridgehead atoms. The highest BCUT2D eigenvalue weighted by Gasteiger charge is 2.03. The number of nitrogens with one attached hydrogen (secondary N) is 1. The second kappa shape index (κ2) is 7.43. The lowest BCUT2D eigenvalue weighted by molar-refractivity contribution is -0.137. The van der Waals surface area contributed by atoms with Gasteiger partial charge in [-0.3, -0.25) is 4.79 Å². The van der Waals surface area contributed by atoms with Gasteiger partial charge in [-0.15, -0.1) is 11.3 Å². The fourth-order valence-electron chi connectivity index (χ4n) is 1.82. The Morgan fingerprint density at radius 2 is 1.95 bits per heavy atom. The minimum absolute atomic E-state index is 0.216. The van der Waals surface area contributed by atoms with Gasteiger partial charge in [0.2, 0.25) is 0 Å². The number of carboxylic acid groups (broad SMARTS) is 1. The lowest BCUT2D eigenvalue weighted by Gasteiger charge is -2.01. The molecular formula is C15H16ClNO2S. The molecule has 2 N–H and O–H groups in total. The Bertz CT molecular complexity index is 566. The molecule has 1 aromatic carbocycles. The number of halogens is 1. The van der Waals surface area contributed by atoms with Gasteiger partial charge in [-0.05, 0) is 42.8 Å². The molecule has 0 fully saturated rings. The maximum absolute atomic E-state index is 10.4. The first-order chi connectivity index (χ1) is 9.65. The molecule has 3 nitrogen and oxygen atoms in total. The monoisotopic (exact) mass is 309 g/mol. The number of carboxylic acids is 1. The third-order valence-electron chi connectivity index (χ3n) is 2.83. The van der Waals surface area contributed by atoms with Gasteiger partial charge in [0.05, 0.1) is 0 Å². The summed E-state index contributed by atoms with van der Waals surface area (Å²) in [7, 11) is 0. The van der Waals surface area contributed by atoms with Gasteiger partial charge in [-0.25, -0.2) is 0 Å². The molecule has 0 aliphatic carbocycles. The van der Waals surface area contributed by atoms with Crippen LogP contribution in [-0.4, -0.2) is 17.6 Å². The zero-order valence-corrected chi connectivity index (χ0v) is 12.5. The summed E-state index contributed by atoms with van der Waals surface area (Å²) in [6, 6.07) is 12.0. The Kier molecular flexibility index (Phi) is 5.59. The zero-order valence-electron chi connectivity index (χ0n) is 10.9. The predicted octanol–water partition coefficient (Wildman–Crippen LogP) is 4.02. The first-order valence-electron chi connectivity index (χ1n) is 6.42. The van der Waals surface area contributed by atoms with Crippen molar-refractivity contribution in [3.8, 4) is 10.4 Å². The van der Waals surface area contributed by atoms with Crippen LogP contribution in [0.25, 0.3) is 10.4 Å². The van der Waals surface area contributed by atoms with Crippen molar-refractivity contribution in [3.05, 3.63) is 46.3 Å². The predicted molar refractivity (Wildman–Crippen MR) is 83.3 cm³/mol. The smallest absolute Gasteiger partial charge is 0.303 e. The van der Waals surface area contributed by atoms with Gasteiger partial charge in [0.15, 0.2) is 0 Å². The van der Waals surface area contributed by atoms with Crippen molar-refractivity contribution in [2.24, 2.45) is 0 Å². The molecule has 2 rings (SSSR count). The second-order valence-electron chi connectivity index (χ2n) is 4.45. The average Bonchev–Trinajstić information content (AvgIpc) is 2.87. The quantitative estimate of drug-likeness (QED) is 0.759. The molecule has 0 unspecified atom stereocenters. The normalized spacial score (nSPS) is 10.7. The molecule has 20 heavy (non-hydrogen) atoms. The number of benzene rings is 1. The molecule has 1 heterocycles. The van der Waals surface area contributed by atoms with E-state index in [0.29, 0.717) is 6.42 Å². The van der Waals surface area contributed by atoms with Crippen molar-refractivity contribution < 1.29 is 9.90 Å². The Labute approximate surface area is 127 Å². The third-order valence-corrected chi connectivity index (χ3v) is 4.22. The molecule has 1 aromatic heterocycles. The first kappa shape index (κ1) is 15.0. The summed E-state index contributed by atoms with van der Waals surface area (Å²) in [4.78, 5) is 12.8. The molecule has 2 aromatic rings. The summed E-state index contributed by atoms with van der Waals surface area (Å²) in [6.07, 6.45) is 0.873. The molecule has 0 aliphatic rings. The second-order valence-corrected chi connectivity index (χ2v) is 6.05. The van der Waals surface area contributed by atoms with E-state index in [-0.39, 0.29) is 6.42 Å². The highest BCUT2D eigenvalue weighted by molar-refractivity contribution is 7.15. The molecule has 106 valence electrons. The van der Waals surface area contributed by atoms with Crippen molar-refractivity contribution >= 4 is 28.9 Å². The van der Waals surface area contributed by atoms with Crippen LogP contribution in [0.5, 0.6) is 0 Å². The van der Waals surface area contributed by atoms with E-state index in [0.717, 1.165) is 23.7 Å². The maximum atomic E-state index is 10.4. The highest BCUT2D eigenvalue weighted by Crippen LogP contribution is 2.28. The van der Waals surface area contributed by atoms with E-state index in [1.54, 1.807) is 11.3 Å². The van der Waals surface area contributed by atoms with Crippen molar-refractivity contribution in [1.29, 1.82) is 0 Å². The van der Waals surface area contributed by atoms with Crippen LogP contribution in [0.3, 0.4) is 0 Å². The number of rotatable bonds is 7. The van der Waals surface area contributed by atoms with E-state index in [1.165, 1.54) is 9.75 Å².